The summed E-state index contributed by atoms with van der Waals surface area (Å²) in [6, 6.07) is 19.4. The lowest BCUT2D eigenvalue weighted by molar-refractivity contribution is 0.246. The molecule has 0 saturated carbocycles. The summed E-state index contributed by atoms with van der Waals surface area (Å²) in [7, 11) is 0. The van der Waals surface area contributed by atoms with E-state index in [0.29, 0.717) is 6.54 Å². The number of para-hydroxylation sites is 1. The smallest absolute Gasteiger partial charge is 0.129 e. The van der Waals surface area contributed by atoms with E-state index < -0.39 is 0 Å². The molecule has 0 atom stereocenters. The third kappa shape index (κ3) is 3.10. The number of rotatable bonds is 3. The van der Waals surface area contributed by atoms with E-state index in [2.05, 4.69) is 28.0 Å². The maximum absolute atomic E-state index is 13.8. The lowest BCUT2D eigenvalue weighted by atomic mass is 10.2. The molecule has 24 heavy (non-hydrogen) atoms. The zero-order valence-electron chi connectivity index (χ0n) is 13.5. The molecule has 1 aliphatic rings. The minimum Gasteiger partial charge on any atom is -0.354 e. The van der Waals surface area contributed by atoms with Gasteiger partial charge in [0.2, 0.25) is 0 Å². The van der Waals surface area contributed by atoms with Crippen molar-refractivity contribution in [2.24, 2.45) is 0 Å². The molecular formula is C20H20FN3. The number of pyridine rings is 1. The van der Waals surface area contributed by atoms with Gasteiger partial charge in [-0.3, -0.25) is 4.90 Å². The SMILES string of the molecule is Fc1ccccc1CN1CCN(c2ccc3ccccc3n2)CC1. The summed E-state index contributed by atoms with van der Waals surface area (Å²) in [5.41, 5.74) is 1.80. The van der Waals surface area contributed by atoms with Crippen molar-refractivity contribution in [2.75, 3.05) is 31.1 Å². The Morgan fingerprint density at radius 3 is 2.42 bits per heavy atom. The molecule has 1 aromatic heterocycles. The van der Waals surface area contributed by atoms with Crippen molar-refractivity contribution in [3.8, 4) is 0 Å². The molecule has 0 N–H and O–H groups in total. The number of nitrogens with zero attached hydrogens (tertiary/aromatic N) is 3. The predicted octanol–water partition coefficient (Wildman–Crippen LogP) is 3.70. The highest BCUT2D eigenvalue weighted by Gasteiger charge is 2.19. The number of aromatic nitrogens is 1. The van der Waals surface area contributed by atoms with E-state index in [-0.39, 0.29) is 5.82 Å². The van der Waals surface area contributed by atoms with Crippen LogP contribution in [0.3, 0.4) is 0 Å². The number of benzene rings is 2. The van der Waals surface area contributed by atoms with Crippen LogP contribution < -0.4 is 4.90 Å². The zero-order valence-corrected chi connectivity index (χ0v) is 13.5. The average molecular weight is 321 g/mol. The Balaban J connectivity index is 1.42. The highest BCUT2D eigenvalue weighted by molar-refractivity contribution is 5.80. The van der Waals surface area contributed by atoms with Crippen molar-refractivity contribution in [3.63, 3.8) is 0 Å². The standard InChI is InChI=1S/C20H20FN3/c21-18-7-3-1-6-17(18)15-23-11-13-24(14-12-23)20-10-9-16-5-2-4-8-19(16)22-20/h1-10H,11-15H2. The number of fused-ring (bicyclic) bond motifs is 1. The fourth-order valence-electron chi connectivity index (χ4n) is 3.23. The largest absolute Gasteiger partial charge is 0.354 e. The van der Waals surface area contributed by atoms with E-state index in [1.54, 1.807) is 6.07 Å². The lowest BCUT2D eigenvalue weighted by Gasteiger charge is -2.35. The second-order valence-electron chi connectivity index (χ2n) is 6.22. The molecule has 2 heterocycles. The summed E-state index contributed by atoms with van der Waals surface area (Å²) in [6.07, 6.45) is 0. The van der Waals surface area contributed by atoms with E-state index >= 15 is 0 Å². The Hall–Kier alpha value is -2.46. The van der Waals surface area contributed by atoms with E-state index in [0.717, 1.165) is 43.1 Å². The fourth-order valence-corrected chi connectivity index (χ4v) is 3.23. The monoisotopic (exact) mass is 321 g/mol. The van der Waals surface area contributed by atoms with Gasteiger partial charge in [0.15, 0.2) is 0 Å². The first-order chi connectivity index (χ1) is 11.8. The predicted molar refractivity (Wildman–Crippen MR) is 95.6 cm³/mol. The second kappa shape index (κ2) is 6.57. The van der Waals surface area contributed by atoms with Crippen LogP contribution in [0.1, 0.15) is 5.56 Å². The summed E-state index contributed by atoms with van der Waals surface area (Å²) in [5.74, 6) is 0.912. The summed E-state index contributed by atoms with van der Waals surface area (Å²) in [6.45, 7) is 4.34. The van der Waals surface area contributed by atoms with E-state index in [4.69, 9.17) is 4.98 Å². The van der Waals surface area contributed by atoms with Crippen molar-refractivity contribution < 1.29 is 4.39 Å². The van der Waals surface area contributed by atoms with E-state index in [9.17, 15) is 4.39 Å². The quantitative estimate of drug-likeness (QED) is 0.733. The maximum Gasteiger partial charge on any atom is 0.129 e. The molecule has 2 aromatic carbocycles. The highest BCUT2D eigenvalue weighted by atomic mass is 19.1. The van der Waals surface area contributed by atoms with Gasteiger partial charge in [-0.15, -0.1) is 0 Å². The summed E-state index contributed by atoms with van der Waals surface area (Å²) in [5, 5.41) is 1.17. The van der Waals surface area contributed by atoms with Gasteiger partial charge in [-0.05, 0) is 24.3 Å². The molecule has 4 rings (SSSR count). The Kier molecular flexibility index (Phi) is 4.13. The van der Waals surface area contributed by atoms with Crippen molar-refractivity contribution >= 4 is 16.7 Å². The summed E-state index contributed by atoms with van der Waals surface area (Å²) in [4.78, 5) is 9.38. The van der Waals surface area contributed by atoms with Gasteiger partial charge in [-0.2, -0.15) is 0 Å². The average Bonchev–Trinajstić information content (AvgIpc) is 2.64. The Labute approximate surface area is 141 Å². The van der Waals surface area contributed by atoms with Crippen LogP contribution in [0.5, 0.6) is 0 Å². The Morgan fingerprint density at radius 1 is 0.833 bits per heavy atom. The van der Waals surface area contributed by atoms with Crippen LogP contribution in [0.25, 0.3) is 10.9 Å². The number of anilines is 1. The van der Waals surface area contributed by atoms with E-state index in [1.165, 1.54) is 11.5 Å². The molecule has 0 radical (unpaired) electrons. The Bertz CT molecular complexity index is 841. The third-order valence-electron chi connectivity index (χ3n) is 4.63. The second-order valence-corrected chi connectivity index (χ2v) is 6.22. The van der Waals surface area contributed by atoms with Crippen molar-refractivity contribution in [2.45, 2.75) is 6.54 Å². The number of halogens is 1. The Morgan fingerprint density at radius 2 is 1.58 bits per heavy atom. The van der Waals surface area contributed by atoms with Crippen molar-refractivity contribution in [1.82, 2.24) is 9.88 Å². The topological polar surface area (TPSA) is 19.4 Å². The normalized spacial score (nSPS) is 15.8. The number of piperazine rings is 1. The van der Waals surface area contributed by atoms with Crippen LogP contribution in [0.2, 0.25) is 0 Å². The van der Waals surface area contributed by atoms with E-state index in [1.807, 2.05) is 30.3 Å². The van der Waals surface area contributed by atoms with Gasteiger partial charge in [0.25, 0.3) is 0 Å². The van der Waals surface area contributed by atoms with Crippen molar-refractivity contribution in [3.05, 3.63) is 72.0 Å². The van der Waals surface area contributed by atoms with Gasteiger partial charge in [-0.1, -0.05) is 36.4 Å². The number of hydrogen-bond acceptors (Lipinski definition) is 3. The molecule has 3 nitrogen and oxygen atoms in total. The summed E-state index contributed by atoms with van der Waals surface area (Å²) >= 11 is 0. The van der Waals surface area contributed by atoms with Gasteiger partial charge in [-0.25, -0.2) is 9.37 Å². The number of hydrogen-bond donors (Lipinski definition) is 0. The van der Waals surface area contributed by atoms with Crippen LogP contribution in [0.4, 0.5) is 10.2 Å². The van der Waals surface area contributed by atoms with Gasteiger partial charge >= 0.3 is 0 Å². The molecule has 4 heteroatoms. The van der Waals surface area contributed by atoms with Gasteiger partial charge in [0.1, 0.15) is 11.6 Å². The first-order valence-electron chi connectivity index (χ1n) is 8.36. The van der Waals surface area contributed by atoms with Gasteiger partial charge in [0, 0.05) is 43.7 Å². The molecule has 0 aliphatic carbocycles. The molecule has 0 spiro atoms. The summed E-state index contributed by atoms with van der Waals surface area (Å²) < 4.78 is 13.8. The molecule has 0 amide bonds. The molecule has 0 bridgehead atoms. The zero-order chi connectivity index (χ0) is 16.4. The van der Waals surface area contributed by atoms with Gasteiger partial charge in [0.05, 0.1) is 5.52 Å². The highest BCUT2D eigenvalue weighted by Crippen LogP contribution is 2.20. The van der Waals surface area contributed by atoms with Crippen LogP contribution >= 0.6 is 0 Å². The minimum atomic E-state index is -0.115. The fraction of sp³-hybridized carbons (Fsp3) is 0.250. The molecule has 1 saturated heterocycles. The van der Waals surface area contributed by atoms with Crippen LogP contribution in [-0.2, 0) is 6.54 Å². The molecule has 0 unspecified atom stereocenters. The van der Waals surface area contributed by atoms with Crippen LogP contribution in [0, 0.1) is 5.82 Å². The molecular weight excluding hydrogens is 301 g/mol. The van der Waals surface area contributed by atoms with Crippen molar-refractivity contribution in [1.29, 1.82) is 0 Å². The molecule has 1 aliphatic heterocycles. The first kappa shape index (κ1) is 15.1. The van der Waals surface area contributed by atoms with Crippen LogP contribution in [0.15, 0.2) is 60.7 Å². The van der Waals surface area contributed by atoms with Crippen LogP contribution in [-0.4, -0.2) is 36.1 Å². The minimum absolute atomic E-state index is 0.115. The molecule has 1 fully saturated rings. The maximum atomic E-state index is 13.8. The van der Waals surface area contributed by atoms with Gasteiger partial charge < -0.3 is 4.90 Å². The third-order valence-corrected chi connectivity index (χ3v) is 4.63. The molecule has 122 valence electrons. The molecule has 3 aromatic rings. The lowest BCUT2D eigenvalue weighted by Crippen LogP contribution is -2.46. The first-order valence-corrected chi connectivity index (χ1v) is 8.36.